The van der Waals surface area contributed by atoms with E-state index in [0.717, 1.165) is 11.1 Å². The first-order valence-electron chi connectivity index (χ1n) is 5.35. The zero-order valence-electron chi connectivity index (χ0n) is 9.45. The number of rotatable bonds is 2. The number of hydrogen-bond acceptors (Lipinski definition) is 1. The second-order valence-electron chi connectivity index (χ2n) is 4.01. The van der Waals surface area contributed by atoms with Crippen molar-refractivity contribution in [2.24, 2.45) is 5.73 Å². The molecule has 0 bridgehead atoms. The summed E-state index contributed by atoms with van der Waals surface area (Å²) in [5.41, 5.74) is 8.22. The minimum Gasteiger partial charge on any atom is -0.320 e. The van der Waals surface area contributed by atoms with Crippen molar-refractivity contribution < 1.29 is 4.39 Å². The molecule has 0 aliphatic heterocycles. The fourth-order valence-corrected chi connectivity index (χ4v) is 1.96. The van der Waals surface area contributed by atoms with Gasteiger partial charge in [-0.2, -0.15) is 0 Å². The van der Waals surface area contributed by atoms with Crippen molar-refractivity contribution in [3.63, 3.8) is 0 Å². The molecule has 0 spiro atoms. The smallest absolute Gasteiger partial charge is 0.126 e. The quantitative estimate of drug-likeness (QED) is 0.860. The van der Waals surface area contributed by atoms with Crippen LogP contribution in [0.15, 0.2) is 42.5 Å². The molecule has 0 radical (unpaired) electrons. The summed E-state index contributed by atoms with van der Waals surface area (Å²) in [7, 11) is 0. The number of aryl methyl sites for hydroxylation is 1. The van der Waals surface area contributed by atoms with Crippen molar-refractivity contribution in [3.05, 3.63) is 70.0 Å². The normalized spacial score (nSPS) is 12.5. The molecule has 2 N–H and O–H groups in total. The molecule has 0 aromatic heterocycles. The Kier molecular flexibility index (Phi) is 3.46. The van der Waals surface area contributed by atoms with Crippen molar-refractivity contribution in [1.29, 1.82) is 0 Å². The predicted molar refractivity (Wildman–Crippen MR) is 68.6 cm³/mol. The van der Waals surface area contributed by atoms with Crippen molar-refractivity contribution >= 4 is 11.6 Å². The molecule has 1 nitrogen and oxygen atoms in total. The lowest BCUT2D eigenvalue weighted by Crippen LogP contribution is -2.12. The van der Waals surface area contributed by atoms with Crippen LogP contribution in [0.5, 0.6) is 0 Å². The van der Waals surface area contributed by atoms with Gasteiger partial charge in [0.1, 0.15) is 5.82 Å². The van der Waals surface area contributed by atoms with Crippen molar-refractivity contribution in [1.82, 2.24) is 0 Å². The van der Waals surface area contributed by atoms with E-state index in [2.05, 4.69) is 0 Å². The molecule has 2 rings (SSSR count). The molecule has 0 fully saturated rings. The third-order valence-corrected chi connectivity index (χ3v) is 3.14. The largest absolute Gasteiger partial charge is 0.320 e. The maximum atomic E-state index is 13.5. The monoisotopic (exact) mass is 249 g/mol. The van der Waals surface area contributed by atoms with Crippen LogP contribution in [0.1, 0.15) is 22.7 Å². The summed E-state index contributed by atoms with van der Waals surface area (Å²) in [5.74, 6) is -0.245. The highest BCUT2D eigenvalue weighted by Gasteiger charge is 2.13. The Hall–Kier alpha value is -1.38. The Labute approximate surface area is 105 Å². The van der Waals surface area contributed by atoms with Crippen LogP contribution < -0.4 is 5.73 Å². The zero-order valence-corrected chi connectivity index (χ0v) is 10.2. The average molecular weight is 250 g/mol. The van der Waals surface area contributed by atoms with E-state index < -0.39 is 6.04 Å². The molecule has 0 saturated carbocycles. The van der Waals surface area contributed by atoms with Crippen LogP contribution in [0.3, 0.4) is 0 Å². The van der Waals surface area contributed by atoms with E-state index in [9.17, 15) is 4.39 Å². The summed E-state index contributed by atoms with van der Waals surface area (Å²) >= 11 is 6.07. The van der Waals surface area contributed by atoms with Crippen LogP contribution >= 0.6 is 11.6 Å². The topological polar surface area (TPSA) is 26.0 Å². The minimum atomic E-state index is -0.404. The van der Waals surface area contributed by atoms with Gasteiger partial charge in [0.15, 0.2) is 0 Å². The molecule has 0 aliphatic carbocycles. The summed E-state index contributed by atoms with van der Waals surface area (Å²) in [6.45, 7) is 1.72. The Morgan fingerprint density at radius 1 is 1.18 bits per heavy atom. The summed E-state index contributed by atoms with van der Waals surface area (Å²) in [5, 5.41) is 0.598. The van der Waals surface area contributed by atoms with E-state index >= 15 is 0 Å². The molecule has 2 aromatic carbocycles. The summed E-state index contributed by atoms with van der Waals surface area (Å²) in [6.07, 6.45) is 0. The standard InChI is InChI=1S/C14H13ClFN/c1-9-6-7-10(8-13(9)16)14(17)11-4-2-3-5-12(11)15/h2-8,14H,17H2,1H3. The molecule has 17 heavy (non-hydrogen) atoms. The van der Waals surface area contributed by atoms with Gasteiger partial charge in [0, 0.05) is 5.02 Å². The van der Waals surface area contributed by atoms with E-state index in [1.165, 1.54) is 6.07 Å². The Bertz CT molecular complexity index is 539. The SMILES string of the molecule is Cc1ccc(C(N)c2ccccc2Cl)cc1F. The molecule has 0 amide bonds. The van der Waals surface area contributed by atoms with Gasteiger partial charge < -0.3 is 5.73 Å². The molecular formula is C14H13ClFN. The summed E-state index contributed by atoms with van der Waals surface area (Å²) < 4.78 is 13.5. The van der Waals surface area contributed by atoms with Crippen LogP contribution in [-0.2, 0) is 0 Å². The molecule has 0 heterocycles. The van der Waals surface area contributed by atoms with E-state index in [0.29, 0.717) is 10.6 Å². The number of benzene rings is 2. The highest BCUT2D eigenvalue weighted by molar-refractivity contribution is 6.31. The fourth-order valence-electron chi connectivity index (χ4n) is 1.71. The Morgan fingerprint density at radius 3 is 2.53 bits per heavy atom. The van der Waals surface area contributed by atoms with Crippen molar-refractivity contribution in [3.8, 4) is 0 Å². The highest BCUT2D eigenvalue weighted by atomic mass is 35.5. The molecule has 1 atom stereocenters. The summed E-state index contributed by atoms with van der Waals surface area (Å²) in [4.78, 5) is 0. The fraction of sp³-hybridized carbons (Fsp3) is 0.143. The van der Waals surface area contributed by atoms with E-state index in [1.807, 2.05) is 24.3 Å². The molecule has 0 aliphatic rings. The van der Waals surface area contributed by atoms with Crippen molar-refractivity contribution in [2.45, 2.75) is 13.0 Å². The first-order valence-corrected chi connectivity index (χ1v) is 5.73. The molecule has 88 valence electrons. The zero-order chi connectivity index (χ0) is 12.4. The van der Waals surface area contributed by atoms with Crippen molar-refractivity contribution in [2.75, 3.05) is 0 Å². The number of halogens is 2. The van der Waals surface area contributed by atoms with Gasteiger partial charge in [-0.1, -0.05) is 41.9 Å². The Morgan fingerprint density at radius 2 is 1.88 bits per heavy atom. The first kappa shape index (κ1) is 12.1. The highest BCUT2D eigenvalue weighted by Crippen LogP contribution is 2.26. The average Bonchev–Trinajstić information content (AvgIpc) is 2.32. The van der Waals surface area contributed by atoms with Gasteiger partial charge in [-0.25, -0.2) is 4.39 Å². The second kappa shape index (κ2) is 4.86. The third kappa shape index (κ3) is 2.48. The lowest BCUT2D eigenvalue weighted by atomic mass is 9.98. The third-order valence-electron chi connectivity index (χ3n) is 2.80. The second-order valence-corrected chi connectivity index (χ2v) is 4.42. The van der Waals surface area contributed by atoms with Gasteiger partial charge >= 0.3 is 0 Å². The first-order chi connectivity index (χ1) is 8.09. The molecule has 1 unspecified atom stereocenters. The van der Waals surface area contributed by atoms with Gasteiger partial charge in [-0.05, 0) is 35.7 Å². The van der Waals surface area contributed by atoms with E-state index in [4.69, 9.17) is 17.3 Å². The van der Waals surface area contributed by atoms with Crippen LogP contribution in [0.2, 0.25) is 5.02 Å². The Balaban J connectivity index is 2.40. The molecule has 0 saturated heterocycles. The van der Waals surface area contributed by atoms with Gasteiger partial charge in [0.05, 0.1) is 6.04 Å². The van der Waals surface area contributed by atoms with Gasteiger partial charge in [-0.15, -0.1) is 0 Å². The lowest BCUT2D eigenvalue weighted by Gasteiger charge is -2.14. The summed E-state index contributed by atoms with van der Waals surface area (Å²) in [6, 6.07) is 11.9. The molecular weight excluding hydrogens is 237 g/mol. The maximum absolute atomic E-state index is 13.5. The van der Waals surface area contributed by atoms with Crippen LogP contribution in [0, 0.1) is 12.7 Å². The van der Waals surface area contributed by atoms with E-state index in [1.54, 1.807) is 19.1 Å². The van der Waals surface area contributed by atoms with Gasteiger partial charge in [0.2, 0.25) is 0 Å². The number of nitrogens with two attached hydrogens (primary N) is 1. The minimum absolute atomic E-state index is 0.245. The molecule has 3 heteroatoms. The van der Waals surface area contributed by atoms with Crippen LogP contribution in [-0.4, -0.2) is 0 Å². The van der Waals surface area contributed by atoms with Gasteiger partial charge in [-0.3, -0.25) is 0 Å². The van der Waals surface area contributed by atoms with Crippen LogP contribution in [0.25, 0.3) is 0 Å². The lowest BCUT2D eigenvalue weighted by molar-refractivity contribution is 0.614. The van der Waals surface area contributed by atoms with Gasteiger partial charge in [0.25, 0.3) is 0 Å². The molecule has 2 aromatic rings. The van der Waals surface area contributed by atoms with Crippen LogP contribution in [0.4, 0.5) is 4.39 Å². The number of hydrogen-bond donors (Lipinski definition) is 1. The maximum Gasteiger partial charge on any atom is 0.126 e. The predicted octanol–water partition coefficient (Wildman–Crippen LogP) is 3.84. The van der Waals surface area contributed by atoms with E-state index in [-0.39, 0.29) is 5.82 Å².